The molecule has 0 unspecified atom stereocenters. The Kier molecular flexibility index (Phi) is 2.78. The highest BCUT2D eigenvalue weighted by Gasteiger charge is 2.24. The van der Waals surface area contributed by atoms with Gasteiger partial charge in [0.05, 0.1) is 23.3 Å². The lowest BCUT2D eigenvalue weighted by Gasteiger charge is -2.26. The van der Waals surface area contributed by atoms with Gasteiger partial charge in [-0.15, -0.1) is 0 Å². The fourth-order valence-corrected chi connectivity index (χ4v) is 2.78. The predicted molar refractivity (Wildman–Crippen MR) is 77.7 cm³/mol. The normalized spacial score (nSPS) is 14.4. The van der Waals surface area contributed by atoms with Crippen molar-refractivity contribution in [3.63, 3.8) is 0 Å². The maximum absolute atomic E-state index is 12.6. The smallest absolute Gasteiger partial charge is 0.274 e. The third-order valence-corrected chi connectivity index (χ3v) is 3.94. The maximum Gasteiger partial charge on any atom is 0.274 e. The fraction of sp³-hybridized carbons (Fsp3) is 0.231. The molecule has 1 aliphatic rings. The number of rotatable bonds is 1. The molecule has 1 aliphatic heterocycles. The molecule has 3 aromatic rings. The Balaban J connectivity index is 1.64. The number of nitrogens with zero attached hydrogens (tertiary/aromatic N) is 6. The van der Waals surface area contributed by atoms with Gasteiger partial charge in [0.1, 0.15) is 0 Å². The highest BCUT2D eigenvalue weighted by Crippen LogP contribution is 2.15. The second-order valence-electron chi connectivity index (χ2n) is 4.88. The van der Waals surface area contributed by atoms with E-state index in [2.05, 4.69) is 31.1 Å². The molecule has 0 saturated carbocycles. The van der Waals surface area contributed by atoms with Crippen molar-refractivity contribution < 1.29 is 4.79 Å². The molecule has 0 bridgehead atoms. The van der Waals surface area contributed by atoms with Crippen molar-refractivity contribution in [2.24, 2.45) is 0 Å². The van der Waals surface area contributed by atoms with Crippen LogP contribution in [0.5, 0.6) is 0 Å². The van der Waals surface area contributed by atoms with Crippen LogP contribution in [0.15, 0.2) is 35.2 Å². The Morgan fingerprint density at radius 3 is 3.14 bits per heavy atom. The topological polar surface area (TPSA) is 68.3 Å². The molecule has 106 valence electrons. The zero-order chi connectivity index (χ0) is 14.4. The monoisotopic (exact) mass is 346 g/mol. The number of carbonyl (C=O) groups is 1. The predicted octanol–water partition coefficient (Wildman–Crippen LogP) is 1.34. The van der Waals surface area contributed by atoms with Gasteiger partial charge in [-0.25, -0.2) is 9.50 Å². The van der Waals surface area contributed by atoms with Gasteiger partial charge in [0.25, 0.3) is 5.91 Å². The van der Waals surface area contributed by atoms with E-state index in [0.29, 0.717) is 31.0 Å². The number of aromatic nitrogens is 5. The Labute approximate surface area is 128 Å². The first kappa shape index (κ1) is 12.5. The van der Waals surface area contributed by atoms with Crippen LogP contribution in [0.1, 0.15) is 16.2 Å². The van der Waals surface area contributed by atoms with E-state index in [1.54, 1.807) is 34.1 Å². The molecule has 0 spiro atoms. The second-order valence-corrected chi connectivity index (χ2v) is 5.79. The van der Waals surface area contributed by atoms with E-state index < -0.39 is 0 Å². The minimum absolute atomic E-state index is 0.0796. The van der Waals surface area contributed by atoms with Gasteiger partial charge in [0, 0.05) is 31.2 Å². The minimum atomic E-state index is -0.0796. The van der Waals surface area contributed by atoms with Crippen LogP contribution >= 0.6 is 15.9 Å². The van der Waals surface area contributed by atoms with Crippen LogP contribution in [0, 0.1) is 0 Å². The molecule has 8 heteroatoms. The zero-order valence-electron chi connectivity index (χ0n) is 11.0. The van der Waals surface area contributed by atoms with Gasteiger partial charge in [-0.1, -0.05) is 0 Å². The first-order valence-electron chi connectivity index (χ1n) is 6.51. The van der Waals surface area contributed by atoms with Crippen LogP contribution in [0.25, 0.3) is 5.65 Å². The van der Waals surface area contributed by atoms with Gasteiger partial charge < -0.3 is 4.90 Å². The van der Waals surface area contributed by atoms with Crippen molar-refractivity contribution in [1.29, 1.82) is 0 Å². The molecule has 1 amide bonds. The third-order valence-electron chi connectivity index (χ3n) is 3.53. The van der Waals surface area contributed by atoms with Gasteiger partial charge in [0.2, 0.25) is 0 Å². The molecule has 4 heterocycles. The Hall–Kier alpha value is -2.22. The second kappa shape index (κ2) is 4.66. The van der Waals surface area contributed by atoms with Gasteiger partial charge in [-0.05, 0) is 22.0 Å². The first-order chi connectivity index (χ1) is 10.2. The van der Waals surface area contributed by atoms with E-state index >= 15 is 0 Å². The van der Waals surface area contributed by atoms with Crippen molar-refractivity contribution in [3.05, 3.63) is 46.6 Å². The summed E-state index contributed by atoms with van der Waals surface area (Å²) in [5.41, 5.74) is 2.11. The van der Waals surface area contributed by atoms with Crippen LogP contribution in [-0.2, 0) is 13.1 Å². The van der Waals surface area contributed by atoms with Gasteiger partial charge >= 0.3 is 0 Å². The van der Waals surface area contributed by atoms with E-state index in [1.165, 1.54) is 0 Å². The summed E-state index contributed by atoms with van der Waals surface area (Å²) in [5, 5.41) is 8.51. The van der Waals surface area contributed by atoms with Crippen molar-refractivity contribution in [3.8, 4) is 0 Å². The number of halogens is 1. The average molecular weight is 347 g/mol. The maximum atomic E-state index is 12.6. The van der Waals surface area contributed by atoms with E-state index in [0.717, 1.165) is 10.2 Å². The number of carbonyl (C=O) groups excluding carboxylic acids is 1. The zero-order valence-corrected chi connectivity index (χ0v) is 12.6. The number of hydrogen-bond acceptors (Lipinski definition) is 4. The quantitative estimate of drug-likeness (QED) is 0.666. The van der Waals surface area contributed by atoms with Crippen LogP contribution in [0.2, 0.25) is 0 Å². The van der Waals surface area contributed by atoms with Crippen LogP contribution in [0.4, 0.5) is 0 Å². The van der Waals surface area contributed by atoms with Crippen molar-refractivity contribution in [2.75, 3.05) is 6.54 Å². The summed E-state index contributed by atoms with van der Waals surface area (Å²) >= 11 is 3.34. The van der Waals surface area contributed by atoms with E-state index in [-0.39, 0.29) is 5.91 Å². The molecule has 7 nitrogen and oxygen atoms in total. The third kappa shape index (κ3) is 2.11. The molecule has 0 saturated heterocycles. The molecule has 0 atom stereocenters. The van der Waals surface area contributed by atoms with Crippen LogP contribution in [0.3, 0.4) is 0 Å². The van der Waals surface area contributed by atoms with Gasteiger partial charge in [0.15, 0.2) is 11.3 Å². The molecular formula is C13H11BrN6O. The molecule has 0 aliphatic carbocycles. The highest BCUT2D eigenvalue weighted by molar-refractivity contribution is 9.10. The summed E-state index contributed by atoms with van der Waals surface area (Å²) in [6, 6.07) is 3.64. The summed E-state index contributed by atoms with van der Waals surface area (Å²) < 4.78 is 4.34. The minimum Gasteiger partial charge on any atom is -0.330 e. The fourth-order valence-electron chi connectivity index (χ4n) is 2.48. The summed E-state index contributed by atoms with van der Waals surface area (Å²) in [7, 11) is 0. The van der Waals surface area contributed by atoms with Gasteiger partial charge in [-0.3, -0.25) is 9.48 Å². The first-order valence-corrected chi connectivity index (χ1v) is 7.31. The van der Waals surface area contributed by atoms with Gasteiger partial charge in [-0.2, -0.15) is 10.2 Å². The Morgan fingerprint density at radius 2 is 2.24 bits per heavy atom. The van der Waals surface area contributed by atoms with E-state index in [9.17, 15) is 4.79 Å². The molecular weight excluding hydrogens is 336 g/mol. The largest absolute Gasteiger partial charge is 0.330 e. The highest BCUT2D eigenvalue weighted by atomic mass is 79.9. The lowest BCUT2D eigenvalue weighted by atomic mass is 10.2. The Bertz CT molecular complexity index is 838. The molecule has 0 fully saturated rings. The lowest BCUT2D eigenvalue weighted by molar-refractivity contribution is 0.0699. The lowest BCUT2D eigenvalue weighted by Crippen LogP contribution is -2.38. The van der Waals surface area contributed by atoms with Crippen molar-refractivity contribution >= 4 is 27.5 Å². The number of hydrogen-bond donors (Lipinski definition) is 0. The molecule has 0 radical (unpaired) electrons. The molecule has 3 aromatic heterocycles. The van der Waals surface area contributed by atoms with Crippen molar-refractivity contribution in [2.45, 2.75) is 13.1 Å². The summed E-state index contributed by atoms with van der Waals surface area (Å²) in [5.74, 6) is -0.0796. The van der Waals surface area contributed by atoms with E-state index in [4.69, 9.17) is 0 Å². The summed E-state index contributed by atoms with van der Waals surface area (Å²) in [6.07, 6.45) is 5.23. The standard InChI is InChI=1S/C13H11BrN6O/c14-9-6-15-12-5-11(17-20(12)7-9)13(21)18-3-4-19-10(8-18)1-2-16-19/h1-2,5-7H,3-4,8H2. The van der Waals surface area contributed by atoms with Crippen LogP contribution < -0.4 is 0 Å². The SMILES string of the molecule is O=C(c1cc2ncc(Br)cn2n1)N1CCn2nccc2C1. The van der Waals surface area contributed by atoms with Crippen molar-refractivity contribution in [1.82, 2.24) is 29.3 Å². The summed E-state index contributed by atoms with van der Waals surface area (Å²) in [6.45, 7) is 1.91. The number of amides is 1. The molecule has 0 aromatic carbocycles. The van der Waals surface area contributed by atoms with Crippen LogP contribution in [-0.4, -0.2) is 41.7 Å². The molecule has 4 rings (SSSR count). The number of fused-ring (bicyclic) bond motifs is 2. The Morgan fingerprint density at radius 1 is 1.33 bits per heavy atom. The van der Waals surface area contributed by atoms with E-state index in [1.807, 2.05) is 10.7 Å². The average Bonchev–Trinajstić information content (AvgIpc) is 3.11. The molecule has 0 N–H and O–H groups in total. The molecule has 21 heavy (non-hydrogen) atoms. The summed E-state index contributed by atoms with van der Waals surface area (Å²) in [4.78, 5) is 18.6.